The monoisotopic (exact) mass is 640 g/mol. The van der Waals surface area contributed by atoms with Gasteiger partial charge in [0.15, 0.2) is 0 Å². The highest BCUT2D eigenvalue weighted by Crippen LogP contribution is 2.47. The summed E-state index contributed by atoms with van der Waals surface area (Å²) >= 11 is 0. The van der Waals surface area contributed by atoms with E-state index in [9.17, 15) is 19.5 Å². The number of rotatable bonds is 6. The highest BCUT2D eigenvalue weighted by molar-refractivity contribution is 5.94. The Kier molecular flexibility index (Phi) is 8.96. The van der Waals surface area contributed by atoms with Crippen LogP contribution in [0.2, 0.25) is 0 Å². The Bertz CT molecular complexity index is 1740. The summed E-state index contributed by atoms with van der Waals surface area (Å²) in [5, 5.41) is 13.7. The first-order chi connectivity index (χ1) is 22.5. The van der Waals surface area contributed by atoms with E-state index in [1.807, 2.05) is 55.5 Å². The highest BCUT2D eigenvalue weighted by Gasteiger charge is 2.61. The Morgan fingerprint density at radius 1 is 1.06 bits per heavy atom. The summed E-state index contributed by atoms with van der Waals surface area (Å²) in [7, 11) is 3.40. The summed E-state index contributed by atoms with van der Waals surface area (Å²) in [6, 6.07) is 11.6. The molecule has 0 saturated heterocycles. The maximum Gasteiger partial charge on any atom is 0.330 e. The number of aryl methyl sites for hydroxylation is 1. The number of carbonyl (C=O) groups excluding carboxylic acids is 2. The van der Waals surface area contributed by atoms with Crippen LogP contribution in [0.15, 0.2) is 48.6 Å². The number of fused-ring (bicyclic) bond motifs is 3. The summed E-state index contributed by atoms with van der Waals surface area (Å²) < 4.78 is 12.3. The minimum absolute atomic E-state index is 0.115. The average Bonchev–Trinajstić information content (AvgIpc) is 3.59. The van der Waals surface area contributed by atoms with Crippen molar-refractivity contribution in [2.75, 3.05) is 20.7 Å². The number of aromatic nitrogens is 2. The predicted octanol–water partition coefficient (Wildman–Crippen LogP) is 5.67. The van der Waals surface area contributed by atoms with Gasteiger partial charge in [-0.15, -0.1) is 0 Å². The second-order valence-corrected chi connectivity index (χ2v) is 13.6. The number of hydrogen-bond acceptors (Lipinski definition) is 7. The van der Waals surface area contributed by atoms with Crippen LogP contribution in [0.3, 0.4) is 0 Å². The highest BCUT2D eigenvalue weighted by atomic mass is 16.5. The van der Waals surface area contributed by atoms with Crippen LogP contribution in [0, 0.1) is 24.7 Å². The molecule has 1 aliphatic heterocycles. The maximum absolute atomic E-state index is 13.9. The van der Waals surface area contributed by atoms with Gasteiger partial charge in [-0.2, -0.15) is 0 Å². The molecule has 47 heavy (non-hydrogen) atoms. The van der Waals surface area contributed by atoms with Crippen molar-refractivity contribution in [3.63, 3.8) is 0 Å². The average molecular weight is 641 g/mol. The molecule has 1 unspecified atom stereocenters. The van der Waals surface area contributed by atoms with E-state index in [4.69, 9.17) is 19.4 Å². The molecule has 2 saturated carbocycles. The molecule has 1 aromatic carbocycles. The maximum atomic E-state index is 13.9. The first-order valence-corrected chi connectivity index (χ1v) is 16.6. The molecule has 0 spiro atoms. The number of pyridine rings is 2. The summed E-state index contributed by atoms with van der Waals surface area (Å²) in [5.41, 5.74) is 2.56. The number of ether oxygens (including phenoxy) is 2. The van der Waals surface area contributed by atoms with Crippen molar-refractivity contribution in [1.29, 1.82) is 0 Å². The molecule has 5 atom stereocenters. The fourth-order valence-electron chi connectivity index (χ4n) is 7.12. The van der Waals surface area contributed by atoms with Crippen LogP contribution >= 0.6 is 0 Å². The lowest BCUT2D eigenvalue weighted by Crippen LogP contribution is -2.49. The molecule has 6 rings (SSSR count). The molecule has 2 N–H and O–H groups in total. The van der Waals surface area contributed by atoms with Gasteiger partial charge in [-0.3, -0.25) is 14.6 Å². The lowest BCUT2D eigenvalue weighted by atomic mass is 9.93. The van der Waals surface area contributed by atoms with Crippen LogP contribution in [-0.4, -0.2) is 70.1 Å². The largest absolute Gasteiger partial charge is 0.496 e. The van der Waals surface area contributed by atoms with E-state index < -0.39 is 35.4 Å². The van der Waals surface area contributed by atoms with Crippen molar-refractivity contribution in [3.05, 3.63) is 59.8 Å². The number of hydrogen-bond donors (Lipinski definition) is 2. The molecule has 2 fully saturated rings. The van der Waals surface area contributed by atoms with Gasteiger partial charge in [0.1, 0.15) is 23.1 Å². The van der Waals surface area contributed by atoms with Crippen LogP contribution in [0.25, 0.3) is 22.3 Å². The normalized spacial score (nSPS) is 27.1. The van der Waals surface area contributed by atoms with Gasteiger partial charge in [-0.05, 0) is 75.6 Å². The molecule has 10 heteroatoms. The number of benzene rings is 1. The van der Waals surface area contributed by atoms with Crippen molar-refractivity contribution in [3.8, 4) is 22.9 Å². The number of amides is 2. The number of allylic oxidation sites excluding steroid dienone is 1. The molecule has 10 nitrogen and oxygen atoms in total. The number of carbonyl (C=O) groups is 3. The molecule has 0 bridgehead atoms. The zero-order valence-electron chi connectivity index (χ0n) is 27.8. The molecular weight excluding hydrogens is 596 g/mol. The van der Waals surface area contributed by atoms with Crippen molar-refractivity contribution in [1.82, 2.24) is 20.2 Å². The van der Waals surface area contributed by atoms with Gasteiger partial charge < -0.3 is 24.8 Å². The number of carboxylic acid groups (broad SMARTS) is 1. The summed E-state index contributed by atoms with van der Waals surface area (Å²) in [6.45, 7) is 6.73. The third kappa shape index (κ3) is 6.30. The first kappa shape index (κ1) is 32.5. The fourth-order valence-corrected chi connectivity index (χ4v) is 7.12. The third-order valence-electron chi connectivity index (χ3n) is 10.1. The SMILES string of the molecule is COc1ccc2c(O[C@H]3CC4C(=O)N(C)CCCC/C=C\[C@@H]5C[C@@]5(C(=O)O)NC(=O)[C@@H]4C3)cc(-c3cccc(C(C)C)n3)nc2c1C. The van der Waals surface area contributed by atoms with E-state index in [0.29, 0.717) is 42.3 Å². The molecule has 3 aromatic rings. The molecule has 3 aliphatic rings. The van der Waals surface area contributed by atoms with Gasteiger partial charge in [0.25, 0.3) is 0 Å². The second-order valence-electron chi connectivity index (χ2n) is 13.6. The van der Waals surface area contributed by atoms with Gasteiger partial charge in [-0.1, -0.05) is 32.1 Å². The van der Waals surface area contributed by atoms with Crippen LogP contribution in [0.5, 0.6) is 11.5 Å². The van der Waals surface area contributed by atoms with E-state index in [1.165, 1.54) is 0 Å². The minimum Gasteiger partial charge on any atom is -0.496 e. The standard InChI is InChI=1S/C37H44N4O6/c1-21(2)28-12-10-13-29(38-28)30-19-32(25-14-15-31(46-5)22(3)33(25)39-30)47-24-17-26-27(18-24)35(43)41(4)16-9-7-6-8-11-23-20-37(23,36(44)45)40-34(26)42/h8,10-15,19,21,23-24,26-27H,6-7,9,16-18,20H2,1-5H3,(H,40,42)(H,44,45)/b11-8-/t23-,24-,26-,27?,37-/m1/s1. The van der Waals surface area contributed by atoms with Crippen molar-refractivity contribution < 1.29 is 29.0 Å². The number of nitrogens with zero attached hydrogens (tertiary/aromatic N) is 3. The molecule has 0 radical (unpaired) electrons. The second kappa shape index (κ2) is 13.0. The summed E-state index contributed by atoms with van der Waals surface area (Å²) in [6.07, 6.45) is 6.93. The van der Waals surface area contributed by atoms with Gasteiger partial charge >= 0.3 is 5.97 Å². The van der Waals surface area contributed by atoms with Crippen molar-refractivity contribution in [2.45, 2.75) is 76.9 Å². The molecule has 2 amide bonds. The van der Waals surface area contributed by atoms with Gasteiger partial charge in [0, 0.05) is 42.2 Å². The molecule has 2 aromatic heterocycles. The van der Waals surface area contributed by atoms with Crippen LogP contribution in [0.1, 0.15) is 69.5 Å². The topological polar surface area (TPSA) is 131 Å². The minimum atomic E-state index is -1.33. The van der Waals surface area contributed by atoms with Crippen LogP contribution in [-0.2, 0) is 14.4 Å². The van der Waals surface area contributed by atoms with Gasteiger partial charge in [-0.25, -0.2) is 9.78 Å². The number of carboxylic acids is 1. The zero-order chi connectivity index (χ0) is 33.5. The quantitative estimate of drug-likeness (QED) is 0.330. The number of nitrogens with one attached hydrogen (secondary N) is 1. The first-order valence-electron chi connectivity index (χ1n) is 16.6. The Morgan fingerprint density at radius 2 is 1.85 bits per heavy atom. The van der Waals surface area contributed by atoms with Gasteiger partial charge in [0.2, 0.25) is 11.8 Å². The smallest absolute Gasteiger partial charge is 0.330 e. The van der Waals surface area contributed by atoms with Crippen molar-refractivity contribution >= 4 is 28.7 Å². The predicted molar refractivity (Wildman–Crippen MR) is 178 cm³/mol. The van der Waals surface area contributed by atoms with E-state index in [2.05, 4.69) is 19.2 Å². The Morgan fingerprint density at radius 3 is 2.60 bits per heavy atom. The Labute approximate surface area is 275 Å². The van der Waals surface area contributed by atoms with E-state index in [1.54, 1.807) is 19.1 Å². The summed E-state index contributed by atoms with van der Waals surface area (Å²) in [4.78, 5) is 51.6. The van der Waals surface area contributed by atoms with Gasteiger partial charge in [0.05, 0.1) is 35.9 Å². The van der Waals surface area contributed by atoms with Crippen LogP contribution in [0.4, 0.5) is 0 Å². The molecule has 3 heterocycles. The Hall–Kier alpha value is -4.47. The molecular formula is C37H44N4O6. The zero-order valence-corrected chi connectivity index (χ0v) is 27.8. The lowest BCUT2D eigenvalue weighted by molar-refractivity contribution is -0.145. The van der Waals surface area contributed by atoms with E-state index >= 15 is 0 Å². The van der Waals surface area contributed by atoms with E-state index in [0.717, 1.165) is 41.4 Å². The number of methoxy groups -OCH3 is 1. The molecule has 2 aliphatic carbocycles. The summed E-state index contributed by atoms with van der Waals surface area (Å²) in [5.74, 6) is -1.67. The fraction of sp³-hybridized carbons (Fsp3) is 0.486. The van der Waals surface area contributed by atoms with E-state index in [-0.39, 0.29) is 24.2 Å². The third-order valence-corrected chi connectivity index (χ3v) is 10.1. The van der Waals surface area contributed by atoms with Crippen LogP contribution < -0.4 is 14.8 Å². The Balaban J connectivity index is 1.36. The molecule has 248 valence electrons. The van der Waals surface area contributed by atoms with Crippen molar-refractivity contribution in [2.24, 2.45) is 17.8 Å². The lowest BCUT2D eigenvalue weighted by Gasteiger charge is -2.26. The number of aliphatic carboxylic acids is 1.